The molecule has 1 aromatic rings. The summed E-state index contributed by atoms with van der Waals surface area (Å²) in [6.45, 7) is -0.0809. The lowest BCUT2D eigenvalue weighted by atomic mass is 10.00. The van der Waals surface area contributed by atoms with Crippen LogP contribution in [0.5, 0.6) is 0 Å². The molecule has 0 aromatic heterocycles. The molecule has 0 radical (unpaired) electrons. The van der Waals surface area contributed by atoms with Gasteiger partial charge in [0.25, 0.3) is 0 Å². The number of carbonyl (C=O) groups is 1. The zero-order valence-electron chi connectivity index (χ0n) is 7.79. The van der Waals surface area contributed by atoms with Crippen molar-refractivity contribution in [1.82, 2.24) is 4.72 Å². The summed E-state index contributed by atoms with van der Waals surface area (Å²) in [5, 5.41) is 8.92. The largest absolute Gasteiger partial charge is 0.481 e. The molecule has 82 valence electrons. The Morgan fingerprint density at radius 1 is 1.40 bits per heavy atom. The highest BCUT2D eigenvalue weighted by atomic mass is 32.2. The van der Waals surface area contributed by atoms with Gasteiger partial charge in [-0.05, 0) is 5.56 Å². The normalized spacial score (nSPS) is 14.5. The Morgan fingerprint density at radius 3 is 2.47 bits per heavy atom. The molecule has 0 amide bonds. The summed E-state index contributed by atoms with van der Waals surface area (Å²) in [6.07, 6.45) is 0. The van der Waals surface area contributed by atoms with E-state index in [1.807, 2.05) is 0 Å². The molecular formula is C9H11NO4S. The minimum atomic E-state index is -2.19. The third-order valence-corrected chi connectivity index (χ3v) is 2.32. The van der Waals surface area contributed by atoms with Crippen molar-refractivity contribution >= 4 is 17.2 Å². The molecule has 5 nitrogen and oxygen atoms in total. The van der Waals surface area contributed by atoms with Crippen LogP contribution in [0.3, 0.4) is 0 Å². The van der Waals surface area contributed by atoms with E-state index >= 15 is 0 Å². The third kappa shape index (κ3) is 3.78. The number of carboxylic acids is 1. The summed E-state index contributed by atoms with van der Waals surface area (Å²) in [7, 11) is 0. The molecule has 2 atom stereocenters. The van der Waals surface area contributed by atoms with Gasteiger partial charge < -0.3 is 5.11 Å². The summed E-state index contributed by atoms with van der Waals surface area (Å²) in [4.78, 5) is 10.9. The monoisotopic (exact) mass is 229 g/mol. The van der Waals surface area contributed by atoms with Crippen LogP contribution in [0.25, 0.3) is 0 Å². The van der Waals surface area contributed by atoms with Crippen molar-refractivity contribution < 1.29 is 18.7 Å². The minimum Gasteiger partial charge on any atom is -0.481 e. The molecule has 0 bridgehead atoms. The predicted molar refractivity (Wildman–Crippen MR) is 55.6 cm³/mol. The van der Waals surface area contributed by atoms with E-state index in [1.54, 1.807) is 30.3 Å². The second-order valence-electron chi connectivity index (χ2n) is 2.90. The first kappa shape index (κ1) is 11.8. The first-order chi connectivity index (χ1) is 7.11. The maximum absolute atomic E-state index is 10.9. The molecule has 15 heavy (non-hydrogen) atoms. The van der Waals surface area contributed by atoms with Gasteiger partial charge in [-0.15, -0.1) is 0 Å². The average molecular weight is 229 g/mol. The smallest absolute Gasteiger partial charge is 0.312 e. The van der Waals surface area contributed by atoms with E-state index in [9.17, 15) is 9.00 Å². The van der Waals surface area contributed by atoms with Crippen molar-refractivity contribution in [3.05, 3.63) is 35.9 Å². The summed E-state index contributed by atoms with van der Waals surface area (Å²) in [5.74, 6) is -1.85. The van der Waals surface area contributed by atoms with Crippen LogP contribution < -0.4 is 4.72 Å². The maximum atomic E-state index is 10.9. The molecule has 0 spiro atoms. The molecule has 0 aliphatic carbocycles. The number of carboxylic acid groups (broad SMARTS) is 1. The van der Waals surface area contributed by atoms with Crippen molar-refractivity contribution in [3.8, 4) is 0 Å². The van der Waals surface area contributed by atoms with E-state index in [1.165, 1.54) is 0 Å². The van der Waals surface area contributed by atoms with Gasteiger partial charge in [0.15, 0.2) is 0 Å². The van der Waals surface area contributed by atoms with Crippen LogP contribution >= 0.6 is 0 Å². The lowest BCUT2D eigenvalue weighted by Crippen LogP contribution is -2.27. The Labute approximate surface area is 89.5 Å². The summed E-state index contributed by atoms with van der Waals surface area (Å²) in [6, 6.07) is 8.56. The number of hydrogen-bond acceptors (Lipinski definition) is 2. The van der Waals surface area contributed by atoms with Gasteiger partial charge >= 0.3 is 5.97 Å². The summed E-state index contributed by atoms with van der Waals surface area (Å²) < 4.78 is 21.0. The zero-order valence-corrected chi connectivity index (χ0v) is 8.61. The number of rotatable bonds is 5. The van der Waals surface area contributed by atoms with E-state index in [4.69, 9.17) is 9.66 Å². The predicted octanol–water partition coefficient (Wildman–Crippen LogP) is 0.581. The fourth-order valence-corrected chi connectivity index (χ4v) is 1.50. The van der Waals surface area contributed by atoms with E-state index in [0.717, 1.165) is 0 Å². The second kappa shape index (κ2) is 5.59. The van der Waals surface area contributed by atoms with Crippen molar-refractivity contribution in [3.63, 3.8) is 0 Å². The molecule has 1 aromatic carbocycles. The van der Waals surface area contributed by atoms with Crippen LogP contribution in [0.2, 0.25) is 0 Å². The number of hydrogen-bond donors (Lipinski definition) is 3. The van der Waals surface area contributed by atoms with Crippen molar-refractivity contribution in [2.45, 2.75) is 5.92 Å². The van der Waals surface area contributed by atoms with E-state index in [2.05, 4.69) is 4.72 Å². The van der Waals surface area contributed by atoms with Crippen molar-refractivity contribution in [2.75, 3.05) is 6.54 Å². The molecule has 0 aliphatic heterocycles. The zero-order chi connectivity index (χ0) is 11.3. The molecule has 1 unspecified atom stereocenters. The van der Waals surface area contributed by atoms with Gasteiger partial charge in [0.05, 0.1) is 5.92 Å². The van der Waals surface area contributed by atoms with Crippen LogP contribution in [-0.2, 0) is 16.1 Å². The van der Waals surface area contributed by atoms with E-state index in [0.29, 0.717) is 5.56 Å². The summed E-state index contributed by atoms with van der Waals surface area (Å²) in [5.41, 5.74) is 0.600. The highest BCUT2D eigenvalue weighted by molar-refractivity contribution is 7.77. The summed E-state index contributed by atoms with van der Waals surface area (Å²) >= 11 is -2.19. The van der Waals surface area contributed by atoms with Crippen LogP contribution in [0.15, 0.2) is 30.3 Å². The number of aliphatic carboxylic acids is 1. The number of benzene rings is 1. The Kier molecular flexibility index (Phi) is 4.41. The first-order valence-corrected chi connectivity index (χ1v) is 5.34. The maximum Gasteiger partial charge on any atom is 0.312 e. The lowest BCUT2D eigenvalue weighted by Gasteiger charge is -2.11. The molecule has 0 saturated carbocycles. The molecule has 1 rings (SSSR count). The Balaban J connectivity index is 2.75. The van der Waals surface area contributed by atoms with Crippen LogP contribution in [0.1, 0.15) is 11.5 Å². The van der Waals surface area contributed by atoms with Gasteiger partial charge in [-0.2, -0.15) is 0 Å². The quantitative estimate of drug-likeness (QED) is 0.645. The van der Waals surface area contributed by atoms with E-state index in [-0.39, 0.29) is 6.54 Å². The third-order valence-electron chi connectivity index (χ3n) is 1.91. The average Bonchev–Trinajstić information content (AvgIpc) is 2.18. The van der Waals surface area contributed by atoms with Crippen LogP contribution in [-0.4, -0.2) is 26.4 Å². The Bertz CT molecular complexity index is 354. The Morgan fingerprint density at radius 2 is 2.00 bits per heavy atom. The van der Waals surface area contributed by atoms with Crippen LogP contribution in [0, 0.1) is 0 Å². The van der Waals surface area contributed by atoms with Gasteiger partial charge in [-0.25, -0.2) is 8.93 Å². The van der Waals surface area contributed by atoms with Gasteiger partial charge in [0.1, 0.15) is 0 Å². The SMILES string of the molecule is O=C(O)[C@@H](CNS(=O)O)c1ccccc1. The fraction of sp³-hybridized carbons (Fsp3) is 0.222. The van der Waals surface area contributed by atoms with Gasteiger partial charge in [0.2, 0.25) is 11.3 Å². The van der Waals surface area contributed by atoms with E-state index < -0.39 is 23.2 Å². The topological polar surface area (TPSA) is 86.6 Å². The molecule has 0 saturated heterocycles. The van der Waals surface area contributed by atoms with Gasteiger partial charge in [-0.1, -0.05) is 30.3 Å². The highest BCUT2D eigenvalue weighted by Crippen LogP contribution is 2.14. The van der Waals surface area contributed by atoms with Crippen molar-refractivity contribution in [2.24, 2.45) is 0 Å². The van der Waals surface area contributed by atoms with Gasteiger partial charge in [0, 0.05) is 6.54 Å². The molecular weight excluding hydrogens is 218 g/mol. The lowest BCUT2D eigenvalue weighted by molar-refractivity contribution is -0.138. The fourth-order valence-electron chi connectivity index (χ4n) is 1.19. The minimum absolute atomic E-state index is 0.0809. The molecule has 0 fully saturated rings. The number of nitrogens with one attached hydrogen (secondary N) is 1. The molecule has 6 heteroatoms. The van der Waals surface area contributed by atoms with Crippen molar-refractivity contribution in [1.29, 1.82) is 0 Å². The van der Waals surface area contributed by atoms with Gasteiger partial charge in [-0.3, -0.25) is 9.35 Å². The Hall–Kier alpha value is -1.24. The second-order valence-corrected chi connectivity index (χ2v) is 3.69. The van der Waals surface area contributed by atoms with Crippen LogP contribution in [0.4, 0.5) is 0 Å². The molecule has 0 heterocycles. The standard InChI is InChI=1S/C9H11NO4S/c11-9(12)8(6-10-15(13)14)7-4-2-1-3-5-7/h1-5,8,10H,6H2,(H,11,12)(H,13,14)/t8-/m0/s1. The highest BCUT2D eigenvalue weighted by Gasteiger charge is 2.19. The first-order valence-electron chi connectivity index (χ1n) is 4.23. The molecule has 3 N–H and O–H groups in total. The molecule has 0 aliphatic rings.